The van der Waals surface area contributed by atoms with Crippen LogP contribution in [0.25, 0.3) is 0 Å². The molecule has 0 heterocycles. The Hall–Kier alpha value is 0.0869. The van der Waals surface area contributed by atoms with Gasteiger partial charge in [0.2, 0.25) is 10.0 Å². The van der Waals surface area contributed by atoms with Crippen LogP contribution in [0.15, 0.2) is 0 Å². The van der Waals surface area contributed by atoms with Crippen molar-refractivity contribution in [2.45, 2.75) is 103 Å². The lowest BCUT2D eigenvalue weighted by molar-refractivity contribution is 0.187. The fraction of sp³-hybridized carbons (Fsp3) is 1.00. The van der Waals surface area contributed by atoms with Gasteiger partial charge >= 0.3 is 0 Å². The van der Waals surface area contributed by atoms with E-state index in [2.05, 4.69) is 45.5 Å². The highest BCUT2D eigenvalue weighted by molar-refractivity contribution is 7.90. The summed E-state index contributed by atoms with van der Waals surface area (Å²) < 4.78 is 33.6. The molecule has 0 aliphatic heterocycles. The van der Waals surface area contributed by atoms with Crippen LogP contribution >= 0.6 is 0 Å². The van der Waals surface area contributed by atoms with Crippen molar-refractivity contribution in [1.82, 2.24) is 4.72 Å². The maximum Gasteiger partial charge on any atom is 0.217 e. The second-order valence-electron chi connectivity index (χ2n) is 9.43. The first kappa shape index (κ1) is 23.1. The smallest absolute Gasteiger partial charge is 0.217 e. The zero-order chi connectivity index (χ0) is 18.7. The summed E-state index contributed by atoms with van der Waals surface area (Å²) in [6.45, 7) is 20.7. The Labute approximate surface area is 146 Å². The molecule has 0 aliphatic rings. The molecule has 0 aromatic rings. The number of hydrogen-bond donors (Lipinski definition) is 1. The molecule has 0 aromatic heterocycles. The molecule has 1 N–H and O–H groups in total. The summed E-state index contributed by atoms with van der Waals surface area (Å²) in [5, 5.41) is 0.113. The highest BCUT2D eigenvalue weighted by Crippen LogP contribution is 2.37. The van der Waals surface area contributed by atoms with Crippen molar-refractivity contribution in [1.29, 1.82) is 0 Å². The molecule has 0 bridgehead atoms. The number of unbranched alkanes of at least 4 members (excludes halogenated alkanes) is 1. The molecule has 0 amide bonds. The molecular formula is C17H39NO3SSi. The predicted octanol–water partition coefficient (Wildman–Crippen LogP) is 4.68. The summed E-state index contributed by atoms with van der Waals surface area (Å²) in [5.74, 6) is 0. The topological polar surface area (TPSA) is 55.4 Å². The highest BCUT2D eigenvalue weighted by atomic mass is 32.2. The largest absolute Gasteiger partial charge is 0.415 e. The third-order valence-electron chi connectivity index (χ3n) is 4.83. The van der Waals surface area contributed by atoms with Crippen LogP contribution in [0.5, 0.6) is 0 Å². The van der Waals surface area contributed by atoms with Gasteiger partial charge in [-0.25, -0.2) is 13.1 Å². The Morgan fingerprint density at radius 3 is 1.83 bits per heavy atom. The van der Waals surface area contributed by atoms with Crippen LogP contribution in [-0.2, 0) is 14.4 Å². The van der Waals surface area contributed by atoms with Gasteiger partial charge in [0.1, 0.15) is 0 Å². The average molecular weight is 366 g/mol. The molecule has 0 fully saturated rings. The van der Waals surface area contributed by atoms with Crippen molar-refractivity contribution < 1.29 is 12.8 Å². The van der Waals surface area contributed by atoms with Gasteiger partial charge in [0, 0.05) is 0 Å². The predicted molar refractivity (Wildman–Crippen MR) is 103 cm³/mol. The summed E-state index contributed by atoms with van der Waals surface area (Å²) in [5.41, 5.74) is -0.558. The van der Waals surface area contributed by atoms with Gasteiger partial charge in [0.25, 0.3) is 0 Å². The van der Waals surface area contributed by atoms with E-state index in [9.17, 15) is 8.42 Å². The van der Waals surface area contributed by atoms with E-state index in [0.29, 0.717) is 6.61 Å². The summed E-state index contributed by atoms with van der Waals surface area (Å²) >= 11 is 0. The van der Waals surface area contributed by atoms with Crippen LogP contribution in [-0.4, -0.2) is 33.6 Å². The van der Waals surface area contributed by atoms with Crippen molar-refractivity contribution in [3.8, 4) is 0 Å². The summed E-state index contributed by atoms with van der Waals surface area (Å²) in [7, 11) is -5.31. The average Bonchev–Trinajstić information content (AvgIpc) is 2.31. The number of nitrogens with one attached hydrogen (secondary N) is 1. The van der Waals surface area contributed by atoms with Gasteiger partial charge < -0.3 is 4.43 Å². The third kappa shape index (κ3) is 6.84. The maximum absolute atomic E-state index is 12.6. The molecule has 0 radical (unpaired) electrons. The Bertz CT molecular complexity index is 475. The maximum atomic E-state index is 12.6. The molecule has 4 nitrogen and oxygen atoms in total. The monoisotopic (exact) mass is 365 g/mol. The Morgan fingerprint density at radius 1 is 1.00 bits per heavy atom. The lowest BCUT2D eigenvalue weighted by Gasteiger charge is -2.41. The molecule has 0 spiro atoms. The van der Waals surface area contributed by atoms with Crippen molar-refractivity contribution in [3.05, 3.63) is 0 Å². The number of rotatable bonds is 8. The van der Waals surface area contributed by atoms with Crippen molar-refractivity contribution in [2.24, 2.45) is 0 Å². The first-order valence-corrected chi connectivity index (χ1v) is 13.0. The van der Waals surface area contributed by atoms with Gasteiger partial charge in [-0.2, -0.15) is 0 Å². The second-order valence-corrected chi connectivity index (χ2v) is 16.7. The van der Waals surface area contributed by atoms with Gasteiger partial charge in [-0.15, -0.1) is 0 Å². The van der Waals surface area contributed by atoms with Gasteiger partial charge in [0.05, 0.1) is 16.9 Å². The number of sulfonamides is 1. The molecule has 0 unspecified atom stereocenters. The van der Waals surface area contributed by atoms with E-state index < -0.39 is 28.6 Å². The molecular weight excluding hydrogens is 326 g/mol. The van der Waals surface area contributed by atoms with Crippen LogP contribution < -0.4 is 4.72 Å². The molecule has 0 saturated carbocycles. The standard InChI is InChI=1S/C17H39NO3SSi/c1-11-12-13-17(8,18-22(19,20)15(2,3)4)14-21-23(9,10)16(5,6)7/h18H,11-14H2,1-10H3/t17-/m1/s1. The Kier molecular flexibility index (Phi) is 7.57. The fourth-order valence-electron chi connectivity index (χ4n) is 1.75. The highest BCUT2D eigenvalue weighted by Gasteiger charge is 2.41. The van der Waals surface area contributed by atoms with Crippen LogP contribution in [0.3, 0.4) is 0 Å². The van der Waals surface area contributed by atoms with E-state index in [4.69, 9.17) is 4.43 Å². The van der Waals surface area contributed by atoms with Gasteiger partial charge in [-0.1, -0.05) is 40.5 Å². The van der Waals surface area contributed by atoms with E-state index >= 15 is 0 Å². The fourth-order valence-corrected chi connectivity index (χ4v) is 3.98. The van der Waals surface area contributed by atoms with Gasteiger partial charge in [-0.3, -0.25) is 0 Å². The second kappa shape index (κ2) is 7.54. The van der Waals surface area contributed by atoms with Crippen molar-refractivity contribution in [3.63, 3.8) is 0 Å². The van der Waals surface area contributed by atoms with E-state index in [1.54, 1.807) is 20.8 Å². The summed E-state index contributed by atoms with van der Waals surface area (Å²) in [6, 6.07) is 0. The summed E-state index contributed by atoms with van der Waals surface area (Å²) in [6.07, 6.45) is 2.80. The van der Waals surface area contributed by atoms with E-state index in [1.807, 2.05) is 6.92 Å². The first-order chi connectivity index (χ1) is 9.97. The van der Waals surface area contributed by atoms with E-state index in [-0.39, 0.29) is 5.04 Å². The summed E-state index contributed by atoms with van der Waals surface area (Å²) in [4.78, 5) is 0. The van der Waals surface area contributed by atoms with E-state index in [1.165, 1.54) is 0 Å². The molecule has 1 atom stereocenters. The Balaban J connectivity index is 5.29. The molecule has 6 heteroatoms. The lowest BCUT2D eigenvalue weighted by Crippen LogP contribution is -2.56. The SMILES string of the molecule is CCCC[C@](C)(CO[Si](C)(C)C(C)(C)C)NS(=O)(=O)C(C)(C)C. The number of hydrogen-bond acceptors (Lipinski definition) is 3. The lowest BCUT2D eigenvalue weighted by atomic mass is 9.98. The first-order valence-electron chi connectivity index (χ1n) is 8.65. The third-order valence-corrected chi connectivity index (χ3v) is 11.7. The van der Waals surface area contributed by atoms with E-state index in [0.717, 1.165) is 19.3 Å². The van der Waals surface area contributed by atoms with Gasteiger partial charge in [0.15, 0.2) is 8.32 Å². The zero-order valence-electron chi connectivity index (χ0n) is 17.0. The van der Waals surface area contributed by atoms with Gasteiger partial charge in [-0.05, 0) is 52.2 Å². The molecule has 0 aromatic carbocycles. The van der Waals surface area contributed by atoms with Crippen LogP contribution in [0.4, 0.5) is 0 Å². The minimum atomic E-state index is -3.40. The molecule has 0 aliphatic carbocycles. The normalized spacial score (nSPS) is 17.1. The quantitative estimate of drug-likeness (QED) is 0.636. The molecule has 0 rings (SSSR count). The van der Waals surface area contributed by atoms with Crippen LogP contribution in [0, 0.1) is 0 Å². The minimum absolute atomic E-state index is 0.113. The molecule has 140 valence electrons. The van der Waals surface area contributed by atoms with Crippen LogP contribution in [0.1, 0.15) is 74.7 Å². The Morgan fingerprint density at radius 2 is 1.48 bits per heavy atom. The zero-order valence-corrected chi connectivity index (χ0v) is 18.8. The molecule has 23 heavy (non-hydrogen) atoms. The molecule has 0 saturated heterocycles. The van der Waals surface area contributed by atoms with Crippen molar-refractivity contribution >= 4 is 18.3 Å². The minimum Gasteiger partial charge on any atom is -0.415 e. The van der Waals surface area contributed by atoms with Crippen LogP contribution in [0.2, 0.25) is 18.1 Å². The van der Waals surface area contributed by atoms with Crippen molar-refractivity contribution in [2.75, 3.05) is 6.61 Å².